The molecule has 1 aliphatic carbocycles. The van der Waals surface area contributed by atoms with Crippen molar-refractivity contribution in [1.82, 2.24) is 24.6 Å². The lowest BCUT2D eigenvalue weighted by molar-refractivity contribution is -0.128. The van der Waals surface area contributed by atoms with E-state index in [1.165, 1.54) is 23.1 Å². The lowest BCUT2D eigenvalue weighted by atomic mass is 10.3. The Morgan fingerprint density at radius 2 is 2.21 bits per heavy atom. The zero-order valence-corrected chi connectivity index (χ0v) is 17.8. The summed E-state index contributed by atoms with van der Waals surface area (Å²) in [7, 11) is 0. The maximum atomic E-state index is 12.7. The van der Waals surface area contributed by atoms with Gasteiger partial charge in [-0.1, -0.05) is 23.4 Å². The predicted octanol–water partition coefficient (Wildman–Crippen LogP) is 4.53. The normalized spacial score (nSPS) is 13.6. The second-order valence-electron chi connectivity index (χ2n) is 6.55. The molecule has 146 valence electrons. The van der Waals surface area contributed by atoms with Crippen molar-refractivity contribution in [1.29, 1.82) is 0 Å². The van der Waals surface area contributed by atoms with Gasteiger partial charge in [-0.2, -0.15) is 0 Å². The molecule has 0 radical (unpaired) electrons. The van der Waals surface area contributed by atoms with Gasteiger partial charge in [0.1, 0.15) is 0 Å². The van der Waals surface area contributed by atoms with Gasteiger partial charge in [-0.15, -0.1) is 21.5 Å². The van der Waals surface area contributed by atoms with Crippen LogP contribution in [0, 0.1) is 0 Å². The Balaban J connectivity index is 1.45. The van der Waals surface area contributed by atoms with E-state index in [2.05, 4.69) is 19.7 Å². The quantitative estimate of drug-likeness (QED) is 0.488. The zero-order chi connectivity index (χ0) is 19.5. The summed E-state index contributed by atoms with van der Waals surface area (Å²) >= 11 is 8.97. The Bertz CT molecular complexity index is 954. The first-order valence-electron chi connectivity index (χ1n) is 9.15. The minimum Gasteiger partial charge on any atom is -0.337 e. The van der Waals surface area contributed by atoms with E-state index in [-0.39, 0.29) is 5.91 Å². The SMILES string of the molecule is CCN(Cc1ccc(Cl)s1)C(=O)CSc1nnc(-c2cccnc2)n1C1CC1. The van der Waals surface area contributed by atoms with Crippen LogP contribution in [0.5, 0.6) is 0 Å². The van der Waals surface area contributed by atoms with E-state index in [1.807, 2.05) is 36.1 Å². The van der Waals surface area contributed by atoms with E-state index in [0.717, 1.165) is 38.6 Å². The topological polar surface area (TPSA) is 63.9 Å². The Morgan fingerprint density at radius 3 is 2.86 bits per heavy atom. The van der Waals surface area contributed by atoms with Gasteiger partial charge < -0.3 is 4.90 Å². The van der Waals surface area contributed by atoms with Crippen LogP contribution in [0.25, 0.3) is 11.4 Å². The van der Waals surface area contributed by atoms with Gasteiger partial charge in [0, 0.05) is 35.4 Å². The lowest BCUT2D eigenvalue weighted by Gasteiger charge is -2.20. The summed E-state index contributed by atoms with van der Waals surface area (Å²) < 4.78 is 2.90. The van der Waals surface area contributed by atoms with Crippen LogP contribution in [0.15, 0.2) is 41.8 Å². The third-order valence-corrected chi connectivity index (χ3v) is 6.67. The molecule has 1 aliphatic rings. The van der Waals surface area contributed by atoms with E-state index in [4.69, 9.17) is 11.6 Å². The number of aromatic nitrogens is 4. The highest BCUT2D eigenvalue weighted by Gasteiger charge is 2.30. The van der Waals surface area contributed by atoms with Crippen molar-refractivity contribution in [3.8, 4) is 11.4 Å². The zero-order valence-electron chi connectivity index (χ0n) is 15.4. The number of thioether (sulfide) groups is 1. The molecular formula is C19H20ClN5OS2. The molecular weight excluding hydrogens is 414 g/mol. The summed E-state index contributed by atoms with van der Waals surface area (Å²) in [4.78, 5) is 19.9. The highest BCUT2D eigenvalue weighted by atomic mass is 35.5. The molecule has 0 bridgehead atoms. The van der Waals surface area contributed by atoms with Crippen molar-refractivity contribution in [2.45, 2.75) is 37.5 Å². The molecule has 0 spiro atoms. The molecule has 9 heteroatoms. The predicted molar refractivity (Wildman–Crippen MR) is 113 cm³/mol. The maximum absolute atomic E-state index is 12.7. The van der Waals surface area contributed by atoms with Crippen LogP contribution in [-0.2, 0) is 11.3 Å². The molecule has 3 heterocycles. The van der Waals surface area contributed by atoms with Gasteiger partial charge in [0.2, 0.25) is 5.91 Å². The van der Waals surface area contributed by atoms with Gasteiger partial charge in [0.25, 0.3) is 0 Å². The fourth-order valence-corrected chi connectivity index (χ4v) is 4.96. The highest BCUT2D eigenvalue weighted by molar-refractivity contribution is 7.99. The molecule has 4 rings (SSSR count). The maximum Gasteiger partial charge on any atom is 0.233 e. The Labute approximate surface area is 176 Å². The van der Waals surface area contributed by atoms with Gasteiger partial charge in [-0.25, -0.2) is 0 Å². The number of halogens is 1. The smallest absolute Gasteiger partial charge is 0.233 e. The number of thiophene rings is 1. The molecule has 0 saturated heterocycles. The molecule has 0 aliphatic heterocycles. The summed E-state index contributed by atoms with van der Waals surface area (Å²) in [6.45, 7) is 3.24. The fraction of sp³-hybridized carbons (Fsp3) is 0.368. The van der Waals surface area contributed by atoms with Crippen molar-refractivity contribution in [2.75, 3.05) is 12.3 Å². The fourth-order valence-electron chi connectivity index (χ4n) is 2.95. The molecule has 1 saturated carbocycles. The number of hydrogen-bond donors (Lipinski definition) is 0. The van der Waals surface area contributed by atoms with Crippen molar-refractivity contribution >= 4 is 40.6 Å². The van der Waals surface area contributed by atoms with Crippen LogP contribution in [0.4, 0.5) is 0 Å². The number of amides is 1. The number of hydrogen-bond acceptors (Lipinski definition) is 6. The first-order valence-corrected chi connectivity index (χ1v) is 11.3. The first-order chi connectivity index (χ1) is 13.7. The lowest BCUT2D eigenvalue weighted by Crippen LogP contribution is -2.31. The first kappa shape index (κ1) is 19.4. The van der Waals surface area contributed by atoms with Crippen LogP contribution in [-0.4, -0.2) is 42.9 Å². The average molecular weight is 434 g/mol. The molecule has 1 amide bonds. The molecule has 0 N–H and O–H groups in total. The second kappa shape index (κ2) is 8.63. The van der Waals surface area contributed by atoms with Crippen molar-refractivity contribution in [3.05, 3.63) is 45.9 Å². The largest absolute Gasteiger partial charge is 0.337 e. The molecule has 0 unspecified atom stereocenters. The van der Waals surface area contributed by atoms with Crippen LogP contribution in [0.3, 0.4) is 0 Å². The Kier molecular flexibility index (Phi) is 5.99. The molecule has 0 aromatic carbocycles. The number of rotatable bonds is 8. The Hall–Kier alpha value is -1.90. The molecule has 3 aromatic heterocycles. The Morgan fingerprint density at radius 1 is 1.36 bits per heavy atom. The van der Waals surface area contributed by atoms with Crippen LogP contribution in [0.2, 0.25) is 4.34 Å². The molecule has 28 heavy (non-hydrogen) atoms. The third kappa shape index (κ3) is 4.39. The van der Waals surface area contributed by atoms with Crippen LogP contribution >= 0.6 is 34.7 Å². The van der Waals surface area contributed by atoms with Crippen molar-refractivity contribution in [2.24, 2.45) is 0 Å². The number of carbonyl (C=O) groups is 1. The summed E-state index contributed by atoms with van der Waals surface area (Å²) in [5, 5.41) is 9.53. The van der Waals surface area contributed by atoms with E-state index in [0.29, 0.717) is 24.9 Å². The van der Waals surface area contributed by atoms with Gasteiger partial charge in [-0.05, 0) is 44.0 Å². The van der Waals surface area contributed by atoms with E-state index < -0.39 is 0 Å². The van der Waals surface area contributed by atoms with E-state index in [1.54, 1.807) is 12.4 Å². The molecule has 1 fully saturated rings. The molecule has 6 nitrogen and oxygen atoms in total. The highest BCUT2D eigenvalue weighted by Crippen LogP contribution is 2.41. The van der Waals surface area contributed by atoms with Gasteiger partial charge in [0.15, 0.2) is 11.0 Å². The van der Waals surface area contributed by atoms with E-state index >= 15 is 0 Å². The van der Waals surface area contributed by atoms with Crippen molar-refractivity contribution in [3.63, 3.8) is 0 Å². The van der Waals surface area contributed by atoms with E-state index in [9.17, 15) is 4.79 Å². The van der Waals surface area contributed by atoms with Crippen LogP contribution in [0.1, 0.15) is 30.7 Å². The number of carbonyl (C=O) groups excluding carboxylic acids is 1. The van der Waals surface area contributed by atoms with Crippen molar-refractivity contribution < 1.29 is 4.79 Å². The average Bonchev–Trinajstić information content (AvgIpc) is 3.33. The monoisotopic (exact) mass is 433 g/mol. The van der Waals surface area contributed by atoms with Crippen LogP contribution < -0.4 is 0 Å². The molecule has 3 aromatic rings. The minimum atomic E-state index is 0.0882. The van der Waals surface area contributed by atoms with Gasteiger partial charge in [0.05, 0.1) is 16.6 Å². The molecule has 0 atom stereocenters. The summed E-state index contributed by atoms with van der Waals surface area (Å²) in [6.07, 6.45) is 5.78. The van der Waals surface area contributed by atoms with Gasteiger partial charge in [-0.3, -0.25) is 14.3 Å². The number of pyridine rings is 1. The standard InChI is InChI=1S/C19H20ClN5OS2/c1-2-24(11-15-7-8-16(20)28-15)17(26)12-27-19-23-22-18(25(19)14-5-6-14)13-4-3-9-21-10-13/h3-4,7-10,14H,2,5-6,11-12H2,1H3. The number of nitrogens with zero attached hydrogens (tertiary/aromatic N) is 5. The summed E-state index contributed by atoms with van der Waals surface area (Å²) in [6, 6.07) is 8.14. The second-order valence-corrected chi connectivity index (χ2v) is 9.29. The summed E-state index contributed by atoms with van der Waals surface area (Å²) in [5.41, 5.74) is 0.949. The minimum absolute atomic E-state index is 0.0882. The van der Waals surface area contributed by atoms with Gasteiger partial charge >= 0.3 is 0 Å². The third-order valence-electron chi connectivity index (χ3n) is 4.53. The summed E-state index contributed by atoms with van der Waals surface area (Å²) in [5.74, 6) is 1.25.